The number of hydrogen-bond donors (Lipinski definition) is 1. The first-order chi connectivity index (χ1) is 13.5. The van der Waals surface area contributed by atoms with Gasteiger partial charge in [-0.2, -0.15) is 10.4 Å². The van der Waals surface area contributed by atoms with Gasteiger partial charge in [0.15, 0.2) is 0 Å². The van der Waals surface area contributed by atoms with Crippen LogP contribution in [0.2, 0.25) is 0 Å². The van der Waals surface area contributed by atoms with E-state index >= 15 is 0 Å². The Morgan fingerprint density at radius 2 is 1.83 bits per heavy atom. The van der Waals surface area contributed by atoms with Gasteiger partial charge in [-0.05, 0) is 42.8 Å². The van der Waals surface area contributed by atoms with Crippen molar-refractivity contribution in [3.8, 4) is 23.0 Å². The summed E-state index contributed by atoms with van der Waals surface area (Å²) >= 11 is 0. The van der Waals surface area contributed by atoms with Crippen LogP contribution in [0.15, 0.2) is 41.3 Å². The monoisotopic (exact) mass is 424 g/mol. The average Bonchev–Trinajstić information content (AvgIpc) is 3.08. The number of aromatic nitrogens is 2. The molecule has 0 unspecified atom stereocenters. The van der Waals surface area contributed by atoms with Crippen LogP contribution in [0, 0.1) is 29.9 Å². The maximum Gasteiger partial charge on any atom is 0.282 e. The molecule has 2 N–H and O–H groups in total. The molecular weight excluding hydrogens is 412 g/mol. The molecule has 0 saturated heterocycles. The number of benzene rings is 2. The normalized spacial score (nSPS) is 11.7. The Hall–Kier alpha value is -3.23. The zero-order chi connectivity index (χ0) is 21.5. The van der Waals surface area contributed by atoms with Crippen LogP contribution in [0.4, 0.5) is 17.6 Å². The average molecular weight is 424 g/mol. The largest absolute Gasteiger partial charge is 0.282 e. The van der Waals surface area contributed by atoms with Crippen molar-refractivity contribution >= 4 is 10.0 Å². The molecule has 3 aromatic rings. The van der Waals surface area contributed by atoms with Gasteiger partial charge in [-0.25, -0.2) is 35.8 Å². The van der Waals surface area contributed by atoms with Gasteiger partial charge in [-0.15, -0.1) is 0 Å². The minimum Gasteiger partial charge on any atom is -0.232 e. The fourth-order valence-corrected chi connectivity index (χ4v) is 3.30. The fourth-order valence-electron chi connectivity index (χ4n) is 2.70. The smallest absolute Gasteiger partial charge is 0.232 e. The molecule has 1 aromatic heterocycles. The van der Waals surface area contributed by atoms with Crippen molar-refractivity contribution in [2.75, 3.05) is 0 Å². The number of nitrogens with two attached hydrogens (primary N) is 1. The van der Waals surface area contributed by atoms with Gasteiger partial charge in [0.2, 0.25) is 10.0 Å². The minimum atomic E-state index is -4.53. The Kier molecular flexibility index (Phi) is 5.16. The first kappa shape index (κ1) is 20.5. The summed E-state index contributed by atoms with van der Waals surface area (Å²) in [6.45, 7) is 1.66. The van der Waals surface area contributed by atoms with Gasteiger partial charge in [-0.3, -0.25) is 0 Å². The van der Waals surface area contributed by atoms with Gasteiger partial charge in [0.05, 0.1) is 23.0 Å². The van der Waals surface area contributed by atoms with Gasteiger partial charge >= 0.3 is 0 Å². The standard InChI is InChI=1S/C18H12F4N4O2S/c1-9-2-3-11(4-10(9)8-23)26-16(7-15(25-26)18(21)22)12-5-14(20)17(6-13(12)19)29(24,27)28/h2-7,18H,1H3,(H2,24,27,28). The minimum absolute atomic E-state index is 0.157. The number of hydrogen-bond acceptors (Lipinski definition) is 4. The molecule has 0 saturated carbocycles. The van der Waals surface area contributed by atoms with Crippen LogP contribution >= 0.6 is 0 Å². The predicted molar refractivity (Wildman–Crippen MR) is 94.7 cm³/mol. The van der Waals surface area contributed by atoms with E-state index in [-0.39, 0.29) is 16.9 Å². The van der Waals surface area contributed by atoms with Gasteiger partial charge in [-0.1, -0.05) is 6.07 Å². The van der Waals surface area contributed by atoms with Crippen LogP contribution in [0.5, 0.6) is 0 Å². The first-order valence-corrected chi connectivity index (χ1v) is 9.49. The summed E-state index contributed by atoms with van der Waals surface area (Å²) in [7, 11) is -4.53. The lowest BCUT2D eigenvalue weighted by atomic mass is 10.1. The van der Waals surface area contributed by atoms with E-state index in [0.29, 0.717) is 17.7 Å². The molecule has 0 bridgehead atoms. The molecule has 0 radical (unpaired) electrons. The van der Waals surface area contributed by atoms with Crippen LogP contribution in [0.1, 0.15) is 23.2 Å². The Morgan fingerprint density at radius 1 is 1.14 bits per heavy atom. The highest BCUT2D eigenvalue weighted by Crippen LogP contribution is 2.32. The number of aryl methyl sites for hydroxylation is 1. The molecule has 6 nitrogen and oxygen atoms in total. The molecule has 0 aliphatic heterocycles. The molecule has 29 heavy (non-hydrogen) atoms. The second-order valence-electron chi connectivity index (χ2n) is 6.09. The summed E-state index contributed by atoms with van der Waals surface area (Å²) in [5.41, 5.74) is -0.467. The van der Waals surface area contributed by atoms with Crippen molar-refractivity contribution in [3.63, 3.8) is 0 Å². The zero-order valence-electron chi connectivity index (χ0n) is 14.7. The highest BCUT2D eigenvalue weighted by atomic mass is 32.2. The molecule has 11 heteroatoms. The lowest BCUT2D eigenvalue weighted by Gasteiger charge is -2.11. The number of nitrogens with zero attached hydrogens (tertiary/aromatic N) is 3. The summed E-state index contributed by atoms with van der Waals surface area (Å²) < 4.78 is 78.9. The molecule has 2 aromatic carbocycles. The Labute approximate surface area is 162 Å². The summed E-state index contributed by atoms with van der Waals surface area (Å²) in [4.78, 5) is -1.07. The summed E-state index contributed by atoms with van der Waals surface area (Å²) in [5.74, 6) is -2.55. The molecule has 0 aliphatic rings. The predicted octanol–water partition coefficient (Wildman–Crippen LogP) is 3.58. The first-order valence-electron chi connectivity index (χ1n) is 7.94. The molecule has 0 fully saturated rings. The maximum atomic E-state index is 14.6. The van der Waals surface area contributed by atoms with E-state index in [1.165, 1.54) is 12.1 Å². The molecular formula is C18H12F4N4O2S. The SMILES string of the molecule is Cc1ccc(-n2nc(C(F)F)cc2-c2cc(F)c(S(N)(=O)=O)cc2F)cc1C#N. The third-order valence-electron chi connectivity index (χ3n) is 4.14. The molecule has 3 rings (SSSR count). The number of nitriles is 1. The van der Waals surface area contributed by atoms with Crippen molar-refractivity contribution < 1.29 is 26.0 Å². The van der Waals surface area contributed by atoms with Crippen molar-refractivity contribution in [1.82, 2.24) is 9.78 Å². The van der Waals surface area contributed by atoms with Gasteiger partial charge in [0, 0.05) is 5.56 Å². The summed E-state index contributed by atoms with van der Waals surface area (Å²) in [6.07, 6.45) is -3.01. The lowest BCUT2D eigenvalue weighted by molar-refractivity contribution is 0.145. The van der Waals surface area contributed by atoms with E-state index < -0.39 is 44.2 Å². The zero-order valence-corrected chi connectivity index (χ0v) is 15.5. The fraction of sp³-hybridized carbons (Fsp3) is 0.111. The van der Waals surface area contributed by atoms with Crippen LogP contribution < -0.4 is 5.14 Å². The Morgan fingerprint density at radius 3 is 2.41 bits per heavy atom. The van der Waals surface area contributed by atoms with Gasteiger partial charge in [0.25, 0.3) is 6.43 Å². The van der Waals surface area contributed by atoms with Crippen molar-refractivity contribution in [2.24, 2.45) is 5.14 Å². The van der Waals surface area contributed by atoms with E-state index in [0.717, 1.165) is 10.7 Å². The van der Waals surface area contributed by atoms with Crippen molar-refractivity contribution in [3.05, 3.63) is 64.9 Å². The lowest BCUT2D eigenvalue weighted by Crippen LogP contribution is -2.15. The molecule has 1 heterocycles. The second kappa shape index (κ2) is 7.31. The van der Waals surface area contributed by atoms with Crippen LogP contribution in [-0.2, 0) is 10.0 Å². The third kappa shape index (κ3) is 3.85. The van der Waals surface area contributed by atoms with Crippen LogP contribution in [0.25, 0.3) is 16.9 Å². The van der Waals surface area contributed by atoms with Crippen LogP contribution in [-0.4, -0.2) is 18.2 Å². The van der Waals surface area contributed by atoms with Crippen molar-refractivity contribution in [1.29, 1.82) is 5.26 Å². The topological polar surface area (TPSA) is 102 Å². The molecule has 0 spiro atoms. The van der Waals surface area contributed by atoms with Crippen molar-refractivity contribution in [2.45, 2.75) is 18.2 Å². The molecule has 0 atom stereocenters. The Bertz CT molecular complexity index is 1260. The summed E-state index contributed by atoms with van der Waals surface area (Å²) in [6, 6.07) is 8.06. The second-order valence-corrected chi connectivity index (χ2v) is 7.62. The Balaban J connectivity index is 2.29. The van der Waals surface area contributed by atoms with Gasteiger partial charge < -0.3 is 0 Å². The quantitative estimate of drug-likeness (QED) is 0.647. The highest BCUT2D eigenvalue weighted by Gasteiger charge is 2.24. The van der Waals surface area contributed by atoms with E-state index in [2.05, 4.69) is 5.10 Å². The molecule has 150 valence electrons. The van der Waals surface area contributed by atoms with E-state index in [1.54, 1.807) is 13.0 Å². The molecule has 0 amide bonds. The molecule has 0 aliphatic carbocycles. The van der Waals surface area contributed by atoms with Crippen LogP contribution in [0.3, 0.4) is 0 Å². The number of alkyl halides is 2. The number of primary sulfonamides is 1. The van der Waals surface area contributed by atoms with Gasteiger partial charge in [0.1, 0.15) is 22.2 Å². The number of halogens is 4. The number of sulfonamides is 1. The van der Waals surface area contributed by atoms with E-state index in [9.17, 15) is 31.2 Å². The van der Waals surface area contributed by atoms with E-state index in [4.69, 9.17) is 5.14 Å². The third-order valence-corrected chi connectivity index (χ3v) is 5.07. The maximum absolute atomic E-state index is 14.6. The number of rotatable bonds is 4. The highest BCUT2D eigenvalue weighted by molar-refractivity contribution is 7.89. The summed E-state index contributed by atoms with van der Waals surface area (Å²) in [5, 5.41) is 17.8. The van der Waals surface area contributed by atoms with E-state index in [1.807, 2.05) is 6.07 Å².